The first kappa shape index (κ1) is 13.7. The Morgan fingerprint density at radius 3 is 3.00 bits per heavy atom. The molecule has 0 bridgehead atoms. The molecular formula is C14H13N3O3S. The molecular weight excluding hydrogens is 290 g/mol. The average Bonchev–Trinajstić information content (AvgIpc) is 3.14. The van der Waals surface area contributed by atoms with E-state index in [1.165, 1.54) is 18.9 Å². The topological polar surface area (TPSA) is 69.6 Å². The van der Waals surface area contributed by atoms with Crippen LogP contribution >= 0.6 is 11.8 Å². The van der Waals surface area contributed by atoms with Crippen molar-refractivity contribution in [2.45, 2.75) is 17.3 Å². The minimum atomic E-state index is -0.480. The largest absolute Gasteiger partial charge is 0.463 e. The Morgan fingerprint density at radius 2 is 2.19 bits per heavy atom. The molecule has 7 heteroatoms. The van der Waals surface area contributed by atoms with Gasteiger partial charge in [-0.2, -0.15) is 0 Å². The molecule has 6 nitrogen and oxygen atoms in total. The molecule has 108 valence electrons. The zero-order chi connectivity index (χ0) is 14.8. The standard InChI is InChI=1S/C14H13N3O3S/c1-9(10-6-7-11(20-10)13(18)19-2)21-14-16-15-12-5-3-4-8-17(12)14/h3-9H,1-2H3/t9-/m0/s1. The molecule has 0 saturated heterocycles. The Kier molecular flexibility index (Phi) is 3.66. The fraction of sp³-hybridized carbons (Fsp3) is 0.214. The lowest BCUT2D eigenvalue weighted by Gasteiger charge is -2.06. The van der Waals surface area contributed by atoms with Crippen LogP contribution in [0.25, 0.3) is 5.65 Å². The minimum absolute atomic E-state index is 0.00369. The van der Waals surface area contributed by atoms with Crippen LogP contribution in [-0.4, -0.2) is 27.7 Å². The number of hydrogen-bond acceptors (Lipinski definition) is 6. The zero-order valence-corrected chi connectivity index (χ0v) is 12.3. The summed E-state index contributed by atoms with van der Waals surface area (Å²) in [5, 5.41) is 9.03. The van der Waals surface area contributed by atoms with E-state index in [-0.39, 0.29) is 11.0 Å². The van der Waals surface area contributed by atoms with E-state index in [1.807, 2.05) is 35.7 Å². The van der Waals surface area contributed by atoms with Crippen LogP contribution in [0.1, 0.15) is 28.5 Å². The van der Waals surface area contributed by atoms with Gasteiger partial charge in [0.2, 0.25) is 5.76 Å². The summed E-state index contributed by atoms with van der Waals surface area (Å²) in [7, 11) is 1.32. The van der Waals surface area contributed by atoms with E-state index >= 15 is 0 Å². The van der Waals surface area contributed by atoms with Crippen LogP contribution in [0.3, 0.4) is 0 Å². The lowest BCUT2D eigenvalue weighted by molar-refractivity contribution is 0.0563. The maximum atomic E-state index is 11.4. The van der Waals surface area contributed by atoms with Crippen molar-refractivity contribution in [2.75, 3.05) is 7.11 Å². The summed E-state index contributed by atoms with van der Waals surface area (Å²) in [4.78, 5) is 11.4. The molecule has 0 fully saturated rings. The third kappa shape index (κ3) is 2.64. The lowest BCUT2D eigenvalue weighted by Crippen LogP contribution is -1.98. The molecule has 21 heavy (non-hydrogen) atoms. The molecule has 3 heterocycles. The van der Waals surface area contributed by atoms with E-state index in [0.717, 1.165) is 10.8 Å². The fourth-order valence-electron chi connectivity index (χ4n) is 1.90. The van der Waals surface area contributed by atoms with Gasteiger partial charge in [0.05, 0.1) is 12.4 Å². The lowest BCUT2D eigenvalue weighted by atomic mass is 10.3. The first-order valence-electron chi connectivity index (χ1n) is 6.33. The van der Waals surface area contributed by atoms with Gasteiger partial charge in [-0.1, -0.05) is 17.8 Å². The number of methoxy groups -OCH3 is 1. The number of thioether (sulfide) groups is 1. The Morgan fingerprint density at radius 1 is 1.33 bits per heavy atom. The number of furan rings is 1. The predicted molar refractivity (Wildman–Crippen MR) is 77.3 cm³/mol. The number of pyridine rings is 1. The number of carbonyl (C=O) groups is 1. The van der Waals surface area contributed by atoms with Gasteiger partial charge < -0.3 is 9.15 Å². The molecule has 0 unspecified atom stereocenters. The fourth-order valence-corrected chi connectivity index (χ4v) is 2.81. The van der Waals surface area contributed by atoms with Crippen LogP contribution in [0.15, 0.2) is 46.1 Å². The molecule has 0 radical (unpaired) electrons. The summed E-state index contributed by atoms with van der Waals surface area (Å²) in [5.41, 5.74) is 0.793. The maximum Gasteiger partial charge on any atom is 0.373 e. The highest BCUT2D eigenvalue weighted by atomic mass is 32.2. The molecule has 0 aromatic carbocycles. The Labute approximate surface area is 125 Å². The number of carbonyl (C=O) groups excluding carboxylic acids is 1. The Balaban J connectivity index is 1.81. The van der Waals surface area contributed by atoms with Crippen molar-refractivity contribution in [3.8, 4) is 0 Å². The SMILES string of the molecule is COC(=O)c1ccc([C@H](C)Sc2nnc3ccccn23)o1. The van der Waals surface area contributed by atoms with E-state index in [2.05, 4.69) is 14.9 Å². The van der Waals surface area contributed by atoms with Gasteiger partial charge in [-0.15, -0.1) is 10.2 Å². The van der Waals surface area contributed by atoms with Gasteiger partial charge in [0.15, 0.2) is 10.8 Å². The molecule has 0 amide bonds. The molecule has 1 atom stereocenters. The molecule has 0 aliphatic carbocycles. The summed E-state index contributed by atoms with van der Waals surface area (Å²) in [6.07, 6.45) is 1.91. The van der Waals surface area contributed by atoms with Gasteiger partial charge in [0.1, 0.15) is 5.76 Å². The Hall–Kier alpha value is -2.28. The van der Waals surface area contributed by atoms with Crippen molar-refractivity contribution in [1.82, 2.24) is 14.6 Å². The van der Waals surface area contributed by atoms with E-state index < -0.39 is 5.97 Å². The summed E-state index contributed by atoms with van der Waals surface area (Å²) < 4.78 is 12.0. The number of rotatable bonds is 4. The van der Waals surface area contributed by atoms with Crippen molar-refractivity contribution in [3.05, 3.63) is 48.0 Å². The molecule has 0 saturated carbocycles. The summed E-state index contributed by atoms with van der Waals surface area (Å²) in [5.74, 6) is 0.408. The normalized spacial score (nSPS) is 12.5. The van der Waals surface area contributed by atoms with Crippen LogP contribution in [-0.2, 0) is 4.74 Å². The average molecular weight is 303 g/mol. The highest BCUT2D eigenvalue weighted by Gasteiger charge is 2.18. The van der Waals surface area contributed by atoms with Crippen molar-refractivity contribution >= 4 is 23.4 Å². The number of aromatic nitrogens is 3. The summed E-state index contributed by atoms with van der Waals surface area (Å²) >= 11 is 1.51. The van der Waals surface area contributed by atoms with Crippen molar-refractivity contribution in [3.63, 3.8) is 0 Å². The van der Waals surface area contributed by atoms with Crippen LogP contribution in [0, 0.1) is 0 Å². The van der Waals surface area contributed by atoms with Crippen molar-refractivity contribution in [2.24, 2.45) is 0 Å². The molecule has 0 N–H and O–H groups in total. The van der Waals surface area contributed by atoms with Gasteiger partial charge in [-0.25, -0.2) is 4.79 Å². The number of nitrogens with zero attached hydrogens (tertiary/aromatic N) is 3. The van der Waals surface area contributed by atoms with Crippen LogP contribution in [0.2, 0.25) is 0 Å². The quantitative estimate of drug-likeness (QED) is 0.545. The summed E-state index contributed by atoms with van der Waals surface area (Å²) in [6, 6.07) is 9.11. The van der Waals surface area contributed by atoms with E-state index in [9.17, 15) is 4.79 Å². The third-order valence-electron chi connectivity index (χ3n) is 2.98. The van der Waals surface area contributed by atoms with Gasteiger partial charge in [0, 0.05) is 6.20 Å². The minimum Gasteiger partial charge on any atom is -0.463 e. The predicted octanol–water partition coefficient (Wildman–Crippen LogP) is 2.96. The van der Waals surface area contributed by atoms with Gasteiger partial charge in [-0.3, -0.25) is 4.40 Å². The molecule has 0 aliphatic heterocycles. The number of fused-ring (bicyclic) bond motifs is 1. The highest BCUT2D eigenvalue weighted by molar-refractivity contribution is 7.99. The highest BCUT2D eigenvalue weighted by Crippen LogP contribution is 2.34. The van der Waals surface area contributed by atoms with E-state index in [1.54, 1.807) is 12.1 Å². The molecule has 3 aromatic heterocycles. The molecule has 3 aromatic rings. The smallest absolute Gasteiger partial charge is 0.373 e. The third-order valence-corrected chi connectivity index (χ3v) is 4.05. The van der Waals surface area contributed by atoms with Gasteiger partial charge in [0.25, 0.3) is 0 Å². The van der Waals surface area contributed by atoms with Gasteiger partial charge >= 0.3 is 5.97 Å². The van der Waals surface area contributed by atoms with Crippen LogP contribution in [0.5, 0.6) is 0 Å². The number of esters is 1. The summed E-state index contributed by atoms with van der Waals surface area (Å²) in [6.45, 7) is 1.98. The number of hydrogen-bond donors (Lipinski definition) is 0. The maximum absolute atomic E-state index is 11.4. The second-order valence-electron chi connectivity index (χ2n) is 4.37. The first-order valence-corrected chi connectivity index (χ1v) is 7.21. The Bertz CT molecular complexity index is 780. The van der Waals surface area contributed by atoms with E-state index in [4.69, 9.17) is 4.42 Å². The second-order valence-corrected chi connectivity index (χ2v) is 5.67. The van der Waals surface area contributed by atoms with Crippen molar-refractivity contribution in [1.29, 1.82) is 0 Å². The second kappa shape index (κ2) is 5.61. The number of ether oxygens (including phenoxy) is 1. The van der Waals surface area contributed by atoms with Crippen LogP contribution < -0.4 is 0 Å². The van der Waals surface area contributed by atoms with Crippen LogP contribution in [0.4, 0.5) is 0 Å². The van der Waals surface area contributed by atoms with Gasteiger partial charge in [-0.05, 0) is 31.2 Å². The van der Waals surface area contributed by atoms with E-state index in [0.29, 0.717) is 5.76 Å². The zero-order valence-electron chi connectivity index (χ0n) is 11.5. The molecule has 3 rings (SSSR count). The molecule has 0 spiro atoms. The monoisotopic (exact) mass is 303 g/mol. The molecule has 0 aliphatic rings. The first-order chi connectivity index (χ1) is 10.2. The van der Waals surface area contributed by atoms with Crippen molar-refractivity contribution < 1.29 is 13.9 Å².